The largest absolute Gasteiger partial charge is 0.490 e. The lowest BCUT2D eigenvalue weighted by atomic mass is 9.94. The smallest absolute Gasteiger partial charge is 0.416 e. The van der Waals surface area contributed by atoms with Gasteiger partial charge in [0.2, 0.25) is 0 Å². The summed E-state index contributed by atoms with van der Waals surface area (Å²) in [7, 11) is -12.6. The fourth-order valence-corrected chi connectivity index (χ4v) is 8.48. The van der Waals surface area contributed by atoms with E-state index in [4.69, 9.17) is 4.74 Å². The predicted octanol–water partition coefficient (Wildman–Crippen LogP) is 3.77. The Morgan fingerprint density at radius 3 is 1.95 bits per heavy atom. The molecular formula is C26H30F3NO8S3. The summed E-state index contributed by atoms with van der Waals surface area (Å²) in [5, 5.41) is 0. The van der Waals surface area contributed by atoms with Crippen LogP contribution in [0.25, 0.3) is 0 Å². The highest BCUT2D eigenvalue weighted by molar-refractivity contribution is 7.93. The fourth-order valence-electron chi connectivity index (χ4n) is 4.84. The molecule has 226 valence electrons. The Balaban J connectivity index is 1.70. The van der Waals surface area contributed by atoms with Crippen molar-refractivity contribution < 1.29 is 48.0 Å². The quantitative estimate of drug-likeness (QED) is 0.428. The first kappa shape index (κ1) is 31.3. The third-order valence-electron chi connectivity index (χ3n) is 7.50. The molecule has 1 aliphatic heterocycles. The zero-order chi connectivity index (χ0) is 30.8. The van der Waals surface area contributed by atoms with Gasteiger partial charge in [-0.25, -0.2) is 25.3 Å². The first-order chi connectivity index (χ1) is 18.6. The minimum Gasteiger partial charge on any atom is -0.490 e. The van der Waals surface area contributed by atoms with Gasteiger partial charge in [-0.1, -0.05) is 6.07 Å². The average molecular weight is 638 g/mol. The summed E-state index contributed by atoms with van der Waals surface area (Å²) >= 11 is 0. The Labute approximate surface area is 237 Å². The van der Waals surface area contributed by atoms with E-state index in [1.807, 2.05) is 0 Å². The van der Waals surface area contributed by atoms with Gasteiger partial charge in [-0.05, 0) is 69.4 Å². The van der Waals surface area contributed by atoms with Gasteiger partial charge in [0, 0.05) is 25.6 Å². The van der Waals surface area contributed by atoms with Crippen LogP contribution in [0.5, 0.6) is 5.75 Å². The van der Waals surface area contributed by atoms with Crippen LogP contribution in [0.1, 0.15) is 49.0 Å². The average Bonchev–Trinajstić information content (AvgIpc) is 3.51. The third-order valence-corrected chi connectivity index (χ3v) is 12.3. The van der Waals surface area contributed by atoms with Crippen molar-refractivity contribution >= 4 is 35.4 Å². The molecule has 2 aliphatic rings. The van der Waals surface area contributed by atoms with Gasteiger partial charge in [0.1, 0.15) is 5.75 Å². The third kappa shape index (κ3) is 6.26. The molecule has 0 bridgehead atoms. The maximum Gasteiger partial charge on any atom is 0.416 e. The molecule has 9 nitrogen and oxygen atoms in total. The summed E-state index contributed by atoms with van der Waals surface area (Å²) < 4.78 is 122. The predicted molar refractivity (Wildman–Crippen MR) is 143 cm³/mol. The molecule has 1 atom stereocenters. The number of rotatable bonds is 8. The van der Waals surface area contributed by atoms with Crippen LogP contribution in [0, 0.1) is 5.92 Å². The highest BCUT2D eigenvalue weighted by Gasteiger charge is 2.47. The molecule has 2 aromatic carbocycles. The van der Waals surface area contributed by atoms with Crippen LogP contribution >= 0.6 is 0 Å². The monoisotopic (exact) mass is 637 g/mol. The molecule has 0 radical (unpaired) electrons. The molecule has 0 spiro atoms. The zero-order valence-corrected chi connectivity index (χ0v) is 25.2. The molecule has 41 heavy (non-hydrogen) atoms. The van der Waals surface area contributed by atoms with Crippen LogP contribution in [0.4, 0.5) is 13.2 Å². The number of amides is 1. The molecular weight excluding hydrogens is 607 g/mol. The number of likely N-dealkylation sites (tertiary alicyclic amines) is 1. The maximum atomic E-state index is 13.8. The Hall–Kier alpha value is -2.65. The number of alkyl halides is 3. The Bertz CT molecular complexity index is 1660. The topological polar surface area (TPSA) is 132 Å². The number of hydrogen-bond acceptors (Lipinski definition) is 8. The lowest BCUT2D eigenvalue weighted by Gasteiger charge is -2.31. The van der Waals surface area contributed by atoms with Gasteiger partial charge >= 0.3 is 6.18 Å². The second-order valence-electron chi connectivity index (χ2n) is 11.0. The van der Waals surface area contributed by atoms with E-state index in [1.54, 1.807) is 0 Å². The molecule has 1 amide bonds. The Morgan fingerprint density at radius 1 is 0.902 bits per heavy atom. The van der Waals surface area contributed by atoms with E-state index in [2.05, 4.69) is 0 Å². The molecule has 4 rings (SSSR count). The van der Waals surface area contributed by atoms with Gasteiger partial charge in [-0.2, -0.15) is 13.2 Å². The number of sulfone groups is 3. The molecule has 0 N–H and O–H groups in total. The summed E-state index contributed by atoms with van der Waals surface area (Å²) in [5.41, 5.74) is -1.68. The SMILES string of the molecule is CC(C)(C1CCN(C(=O)c2c(S(C)(=O)=O)cc(OC3CC3)cc2S(C)(=O)=O)C1)S(=O)(=O)c1cccc(C(F)(F)F)c1. The fraction of sp³-hybridized carbons (Fsp3) is 0.500. The van der Waals surface area contributed by atoms with Crippen LogP contribution < -0.4 is 4.74 Å². The first-order valence-electron chi connectivity index (χ1n) is 12.6. The highest BCUT2D eigenvalue weighted by atomic mass is 32.2. The second kappa shape index (κ2) is 10.3. The van der Waals surface area contributed by atoms with Crippen molar-refractivity contribution in [3.8, 4) is 5.75 Å². The molecule has 1 heterocycles. The van der Waals surface area contributed by atoms with Crippen molar-refractivity contribution in [3.63, 3.8) is 0 Å². The number of halogens is 3. The van der Waals surface area contributed by atoms with E-state index < -0.39 is 78.1 Å². The van der Waals surface area contributed by atoms with Crippen molar-refractivity contribution in [1.82, 2.24) is 4.90 Å². The van der Waals surface area contributed by atoms with E-state index in [9.17, 15) is 43.2 Å². The van der Waals surface area contributed by atoms with Gasteiger partial charge in [0.05, 0.1) is 36.7 Å². The molecule has 15 heteroatoms. The molecule has 0 aromatic heterocycles. The van der Waals surface area contributed by atoms with Crippen LogP contribution in [-0.2, 0) is 35.7 Å². The van der Waals surface area contributed by atoms with Crippen molar-refractivity contribution in [2.45, 2.75) is 64.8 Å². The van der Waals surface area contributed by atoms with Crippen molar-refractivity contribution in [3.05, 3.63) is 47.5 Å². The summed E-state index contributed by atoms with van der Waals surface area (Å²) in [6, 6.07) is 5.65. The van der Waals surface area contributed by atoms with Crippen LogP contribution in [0.2, 0.25) is 0 Å². The second-order valence-corrected chi connectivity index (χ2v) is 17.5. The van der Waals surface area contributed by atoms with Gasteiger partial charge in [0.25, 0.3) is 5.91 Å². The summed E-state index contributed by atoms with van der Waals surface area (Å²) in [6.45, 7) is 2.48. The van der Waals surface area contributed by atoms with Gasteiger partial charge in [-0.3, -0.25) is 4.79 Å². The molecule has 2 aromatic rings. The molecule has 1 aliphatic carbocycles. The van der Waals surface area contributed by atoms with Gasteiger partial charge < -0.3 is 9.64 Å². The van der Waals surface area contributed by atoms with Crippen LogP contribution in [-0.4, -0.2) is 72.5 Å². The normalized spacial score (nSPS) is 18.9. The number of hydrogen-bond donors (Lipinski definition) is 0. The van der Waals surface area contributed by atoms with Gasteiger partial charge in [-0.15, -0.1) is 0 Å². The number of carbonyl (C=O) groups is 1. The lowest BCUT2D eigenvalue weighted by Crippen LogP contribution is -2.42. The lowest BCUT2D eigenvalue weighted by molar-refractivity contribution is -0.137. The molecule has 1 saturated heterocycles. The zero-order valence-electron chi connectivity index (χ0n) is 22.7. The highest BCUT2D eigenvalue weighted by Crippen LogP contribution is 2.41. The van der Waals surface area contributed by atoms with E-state index >= 15 is 0 Å². The molecule has 1 saturated carbocycles. The maximum absolute atomic E-state index is 13.8. The summed E-state index contributed by atoms with van der Waals surface area (Å²) in [6.07, 6.45) is -1.69. The number of nitrogens with zero attached hydrogens (tertiary/aromatic N) is 1. The standard InChI is InChI=1S/C26H30F3NO8S3/c1-25(2,41(36,37)20-7-5-6-16(12-20)26(27,28)29)17-10-11-30(15-17)24(31)23-21(39(3,32)33)13-19(38-18-8-9-18)14-22(23)40(4,34)35/h5-7,12-14,17-18H,8-11,15H2,1-4H3. The Kier molecular flexibility index (Phi) is 7.83. The molecule has 2 fully saturated rings. The first-order valence-corrected chi connectivity index (χ1v) is 17.9. The van der Waals surface area contributed by atoms with E-state index in [0.717, 1.165) is 55.7 Å². The van der Waals surface area contributed by atoms with E-state index in [0.29, 0.717) is 6.07 Å². The summed E-state index contributed by atoms with van der Waals surface area (Å²) in [5.74, 6) is -1.68. The van der Waals surface area contributed by atoms with Crippen LogP contribution in [0.3, 0.4) is 0 Å². The minimum absolute atomic E-state index is 0.00230. The van der Waals surface area contributed by atoms with Crippen molar-refractivity contribution in [2.75, 3.05) is 25.6 Å². The van der Waals surface area contributed by atoms with E-state index in [-0.39, 0.29) is 31.4 Å². The van der Waals surface area contributed by atoms with E-state index in [1.165, 1.54) is 18.7 Å². The number of carbonyl (C=O) groups excluding carboxylic acids is 1. The number of ether oxygens (including phenoxy) is 1. The van der Waals surface area contributed by atoms with Crippen LogP contribution in [0.15, 0.2) is 51.1 Å². The molecule has 1 unspecified atom stereocenters. The van der Waals surface area contributed by atoms with Crippen molar-refractivity contribution in [2.24, 2.45) is 5.92 Å². The van der Waals surface area contributed by atoms with Crippen molar-refractivity contribution in [1.29, 1.82) is 0 Å². The van der Waals surface area contributed by atoms with Gasteiger partial charge in [0.15, 0.2) is 29.5 Å². The number of benzene rings is 2. The Morgan fingerprint density at radius 2 is 1.46 bits per heavy atom. The minimum atomic E-state index is -4.75. The summed E-state index contributed by atoms with van der Waals surface area (Å²) in [4.78, 5) is 13.4.